The van der Waals surface area contributed by atoms with Gasteiger partial charge in [-0.2, -0.15) is 5.10 Å². The number of hydrogen-bond acceptors (Lipinski definition) is 3. The molecule has 0 amide bonds. The quantitative estimate of drug-likeness (QED) is 0.632. The molecular weight excluding hydrogens is 372 g/mol. The predicted octanol–water partition coefficient (Wildman–Crippen LogP) is 5.76. The van der Waals surface area contributed by atoms with E-state index in [1.165, 1.54) is 51.4 Å². The molecular formula is C26H40N2O2. The second kappa shape index (κ2) is 7.38. The minimum Gasteiger partial charge on any atom is -0.493 e. The third-order valence-corrected chi connectivity index (χ3v) is 10.5. The first-order valence-corrected chi connectivity index (χ1v) is 12.4. The van der Waals surface area contributed by atoms with Gasteiger partial charge in [0.1, 0.15) is 0 Å². The molecule has 1 aromatic rings. The van der Waals surface area contributed by atoms with Crippen molar-refractivity contribution in [2.45, 2.75) is 85.1 Å². The number of ketones is 1. The van der Waals surface area contributed by atoms with Gasteiger partial charge in [-0.05, 0) is 91.8 Å². The van der Waals surface area contributed by atoms with Gasteiger partial charge in [-0.3, -0.25) is 9.48 Å². The van der Waals surface area contributed by atoms with Gasteiger partial charge in [0.2, 0.25) is 0 Å². The van der Waals surface area contributed by atoms with Crippen LogP contribution in [0, 0.1) is 46.3 Å². The second-order valence-electron chi connectivity index (χ2n) is 11.8. The van der Waals surface area contributed by atoms with Crippen molar-refractivity contribution in [3.05, 3.63) is 12.4 Å². The summed E-state index contributed by atoms with van der Waals surface area (Å²) in [6.07, 6.45) is 15.6. The number of carbonyl (C=O) groups is 1. The Hall–Kier alpha value is -1.32. The van der Waals surface area contributed by atoms with Crippen molar-refractivity contribution in [2.24, 2.45) is 46.3 Å². The number of nitrogens with zero attached hydrogens (tertiary/aromatic N) is 2. The van der Waals surface area contributed by atoms with E-state index in [4.69, 9.17) is 4.74 Å². The molecule has 0 spiro atoms. The Morgan fingerprint density at radius 2 is 1.87 bits per heavy atom. The molecule has 8 unspecified atom stereocenters. The van der Waals surface area contributed by atoms with Gasteiger partial charge in [0.15, 0.2) is 11.5 Å². The smallest absolute Gasteiger partial charge is 0.157 e. The SMILES string of the molecule is COc1cnn(CC(=O)C2CCC3C4CCC5CC(C)CCC5(C)C4CCC23C)c1. The minimum atomic E-state index is 0.195. The fourth-order valence-corrected chi connectivity index (χ4v) is 8.81. The van der Waals surface area contributed by atoms with Gasteiger partial charge in [0.25, 0.3) is 0 Å². The van der Waals surface area contributed by atoms with Gasteiger partial charge in [-0.15, -0.1) is 0 Å². The van der Waals surface area contributed by atoms with Crippen molar-refractivity contribution in [1.82, 2.24) is 9.78 Å². The summed E-state index contributed by atoms with van der Waals surface area (Å²) in [5.74, 6) is 5.67. The normalized spacial score (nSPS) is 45.3. The van der Waals surface area contributed by atoms with Crippen LogP contribution >= 0.6 is 0 Å². The van der Waals surface area contributed by atoms with Crippen molar-refractivity contribution < 1.29 is 9.53 Å². The molecule has 1 heterocycles. The van der Waals surface area contributed by atoms with E-state index in [-0.39, 0.29) is 11.3 Å². The van der Waals surface area contributed by atoms with Crippen LogP contribution in [0.3, 0.4) is 0 Å². The maximum Gasteiger partial charge on any atom is 0.157 e. The molecule has 30 heavy (non-hydrogen) atoms. The molecule has 0 bridgehead atoms. The minimum absolute atomic E-state index is 0.195. The Labute approximate surface area is 182 Å². The van der Waals surface area contributed by atoms with Crippen molar-refractivity contribution in [2.75, 3.05) is 7.11 Å². The number of carbonyl (C=O) groups excluding carboxylic acids is 1. The summed E-state index contributed by atoms with van der Waals surface area (Å²) in [4.78, 5) is 13.4. The summed E-state index contributed by atoms with van der Waals surface area (Å²) in [6.45, 7) is 7.96. The van der Waals surface area contributed by atoms with Gasteiger partial charge in [0, 0.05) is 5.92 Å². The molecule has 166 valence electrons. The summed E-state index contributed by atoms with van der Waals surface area (Å²) in [5.41, 5.74) is 0.755. The molecule has 0 saturated heterocycles. The van der Waals surface area contributed by atoms with Crippen molar-refractivity contribution in [3.63, 3.8) is 0 Å². The van der Waals surface area contributed by atoms with Crippen LogP contribution < -0.4 is 4.74 Å². The fraction of sp³-hybridized carbons (Fsp3) is 0.846. The van der Waals surface area contributed by atoms with E-state index in [0.717, 1.165) is 41.8 Å². The van der Waals surface area contributed by atoms with Crippen molar-refractivity contribution in [1.29, 1.82) is 0 Å². The van der Waals surface area contributed by atoms with Crippen LogP contribution in [0.15, 0.2) is 12.4 Å². The Morgan fingerprint density at radius 3 is 2.63 bits per heavy atom. The number of fused-ring (bicyclic) bond motifs is 5. The molecule has 0 radical (unpaired) electrons. The molecule has 5 rings (SSSR count). The monoisotopic (exact) mass is 412 g/mol. The van der Waals surface area contributed by atoms with E-state index in [0.29, 0.717) is 17.7 Å². The molecule has 4 aliphatic rings. The van der Waals surface area contributed by atoms with Crippen LogP contribution in [0.2, 0.25) is 0 Å². The first kappa shape index (κ1) is 20.6. The Balaban J connectivity index is 1.33. The maximum absolute atomic E-state index is 13.4. The topological polar surface area (TPSA) is 44.1 Å². The van der Waals surface area contributed by atoms with E-state index in [9.17, 15) is 4.79 Å². The van der Waals surface area contributed by atoms with Gasteiger partial charge in [0.05, 0.1) is 26.0 Å². The molecule has 8 atom stereocenters. The van der Waals surface area contributed by atoms with Crippen LogP contribution in [0.5, 0.6) is 5.75 Å². The van der Waals surface area contributed by atoms with Crippen LogP contribution in [-0.4, -0.2) is 22.7 Å². The average molecular weight is 413 g/mol. The maximum atomic E-state index is 13.4. The van der Waals surface area contributed by atoms with E-state index >= 15 is 0 Å². The third-order valence-electron chi connectivity index (χ3n) is 10.5. The number of ether oxygens (including phenoxy) is 1. The lowest BCUT2D eigenvalue weighted by molar-refractivity contribution is -0.137. The highest BCUT2D eigenvalue weighted by molar-refractivity contribution is 5.82. The lowest BCUT2D eigenvalue weighted by Crippen LogP contribution is -2.53. The third kappa shape index (κ3) is 3.07. The zero-order chi connectivity index (χ0) is 21.1. The van der Waals surface area contributed by atoms with Crippen LogP contribution in [-0.2, 0) is 11.3 Å². The van der Waals surface area contributed by atoms with Gasteiger partial charge >= 0.3 is 0 Å². The van der Waals surface area contributed by atoms with Gasteiger partial charge in [-0.25, -0.2) is 0 Å². The summed E-state index contributed by atoms with van der Waals surface area (Å²) in [7, 11) is 1.65. The Kier molecular flexibility index (Phi) is 5.06. The van der Waals surface area contributed by atoms with Gasteiger partial charge < -0.3 is 4.74 Å². The number of hydrogen-bond donors (Lipinski definition) is 0. The van der Waals surface area contributed by atoms with E-state index < -0.39 is 0 Å². The van der Waals surface area contributed by atoms with E-state index in [1.807, 2.05) is 6.20 Å². The number of methoxy groups -OCH3 is 1. The van der Waals surface area contributed by atoms with Crippen molar-refractivity contribution in [3.8, 4) is 5.75 Å². The first-order chi connectivity index (χ1) is 14.3. The van der Waals surface area contributed by atoms with Crippen LogP contribution in [0.4, 0.5) is 0 Å². The summed E-state index contributed by atoms with van der Waals surface area (Å²) < 4.78 is 6.99. The van der Waals surface area contributed by atoms with Gasteiger partial charge in [-0.1, -0.05) is 27.2 Å². The van der Waals surface area contributed by atoms with Crippen LogP contribution in [0.25, 0.3) is 0 Å². The largest absolute Gasteiger partial charge is 0.493 e. The Bertz CT molecular complexity index is 803. The molecule has 4 aliphatic carbocycles. The average Bonchev–Trinajstić information content (AvgIpc) is 3.32. The molecule has 0 aliphatic heterocycles. The second-order valence-corrected chi connectivity index (χ2v) is 11.8. The standard InChI is InChI=1S/C26H40N2O2/c1-17-9-11-25(2)18(13-17)5-6-20-21-7-8-23(26(21,3)12-10-22(20)25)24(29)16-28-15-19(30-4)14-27-28/h14-15,17-18,20-23H,5-13,16H2,1-4H3. The highest BCUT2D eigenvalue weighted by Gasteiger charge is 2.60. The fourth-order valence-electron chi connectivity index (χ4n) is 8.81. The van der Waals surface area contributed by atoms with Crippen LogP contribution in [0.1, 0.15) is 78.6 Å². The lowest BCUT2D eigenvalue weighted by Gasteiger charge is -2.61. The number of rotatable bonds is 4. The summed E-state index contributed by atoms with van der Waals surface area (Å²) >= 11 is 0. The molecule has 4 fully saturated rings. The molecule has 0 N–H and O–H groups in total. The number of Topliss-reactive ketones (excluding diaryl/α,β-unsaturated/α-hetero) is 1. The molecule has 4 heteroatoms. The zero-order valence-corrected chi connectivity index (χ0v) is 19.4. The summed E-state index contributed by atoms with van der Waals surface area (Å²) in [6, 6.07) is 0. The lowest BCUT2D eigenvalue weighted by atomic mass is 9.44. The highest BCUT2D eigenvalue weighted by Crippen LogP contribution is 2.67. The summed E-state index contributed by atoms with van der Waals surface area (Å²) in [5, 5.41) is 4.32. The molecule has 4 nitrogen and oxygen atoms in total. The first-order valence-electron chi connectivity index (χ1n) is 12.4. The van der Waals surface area contributed by atoms with E-state index in [1.54, 1.807) is 18.0 Å². The number of aromatic nitrogens is 2. The predicted molar refractivity (Wildman–Crippen MR) is 118 cm³/mol. The van der Waals surface area contributed by atoms with E-state index in [2.05, 4.69) is 25.9 Å². The highest BCUT2D eigenvalue weighted by atomic mass is 16.5. The van der Waals surface area contributed by atoms with Crippen molar-refractivity contribution >= 4 is 5.78 Å². The molecule has 4 saturated carbocycles. The zero-order valence-electron chi connectivity index (χ0n) is 19.4. The molecule has 1 aromatic heterocycles. The Morgan fingerprint density at radius 1 is 1.10 bits per heavy atom. The molecule has 0 aromatic carbocycles.